The molecule has 0 aliphatic carbocycles. The summed E-state index contributed by atoms with van der Waals surface area (Å²) in [5.41, 5.74) is 0. The molecule has 1 atom stereocenters. The van der Waals surface area contributed by atoms with Crippen molar-refractivity contribution in [3.8, 4) is 0 Å². The van der Waals surface area contributed by atoms with Gasteiger partial charge in [0, 0.05) is 19.3 Å². The quantitative estimate of drug-likeness (QED) is 0.0261. The molecule has 0 amide bonds. The van der Waals surface area contributed by atoms with Crippen molar-refractivity contribution < 1.29 is 28.6 Å². The first-order valence-corrected chi connectivity index (χ1v) is 30.4. The molecule has 73 heavy (non-hydrogen) atoms. The van der Waals surface area contributed by atoms with Crippen LogP contribution in [-0.4, -0.2) is 37.2 Å². The Morgan fingerprint density at radius 1 is 0.288 bits per heavy atom. The lowest BCUT2D eigenvalue weighted by molar-refractivity contribution is -0.167. The van der Waals surface area contributed by atoms with Gasteiger partial charge < -0.3 is 14.2 Å². The van der Waals surface area contributed by atoms with Crippen LogP contribution in [0.15, 0.2) is 109 Å². The van der Waals surface area contributed by atoms with Crippen molar-refractivity contribution in [2.75, 3.05) is 13.2 Å². The van der Waals surface area contributed by atoms with Crippen molar-refractivity contribution in [3.05, 3.63) is 109 Å². The van der Waals surface area contributed by atoms with E-state index in [-0.39, 0.29) is 37.5 Å². The minimum absolute atomic E-state index is 0.0956. The molecular formula is C67H112O6. The van der Waals surface area contributed by atoms with Gasteiger partial charge in [-0.3, -0.25) is 14.4 Å². The van der Waals surface area contributed by atoms with Crippen LogP contribution in [0.2, 0.25) is 0 Å². The maximum absolute atomic E-state index is 12.8. The number of carbonyl (C=O) groups excluding carboxylic acids is 3. The van der Waals surface area contributed by atoms with Gasteiger partial charge in [0.1, 0.15) is 13.2 Å². The monoisotopic (exact) mass is 1010 g/mol. The van der Waals surface area contributed by atoms with E-state index in [0.29, 0.717) is 19.3 Å². The third-order valence-electron chi connectivity index (χ3n) is 12.8. The zero-order valence-corrected chi connectivity index (χ0v) is 47.6. The second kappa shape index (κ2) is 60.6. The van der Waals surface area contributed by atoms with Crippen LogP contribution in [-0.2, 0) is 28.6 Å². The summed E-state index contributed by atoms with van der Waals surface area (Å²) in [5.74, 6) is -0.967. The third-order valence-corrected chi connectivity index (χ3v) is 12.8. The largest absolute Gasteiger partial charge is 0.462 e. The molecule has 0 aromatic carbocycles. The van der Waals surface area contributed by atoms with Gasteiger partial charge in [0.05, 0.1) is 0 Å². The van der Waals surface area contributed by atoms with Gasteiger partial charge in [0.25, 0.3) is 0 Å². The number of rotatable bonds is 54. The molecule has 0 fully saturated rings. The average Bonchev–Trinajstić information content (AvgIpc) is 3.39. The second-order valence-electron chi connectivity index (χ2n) is 19.9. The molecule has 0 radical (unpaired) electrons. The van der Waals surface area contributed by atoms with E-state index in [0.717, 1.165) is 116 Å². The number of ether oxygens (including phenoxy) is 3. The number of unbranched alkanes of at least 4 members (excludes halogenated alkanes) is 25. The SMILES string of the molecule is CC/C=C\C/C=C\C/C=C\C/C=C\C/C=C\C/C=C\C/C=C\C/C=C\C/C=C\CCCC(=O)OCC(COC(=O)CCCCCCC)OC(=O)CCCCCCCCCCCCCCCCCCCCCCC. The maximum atomic E-state index is 12.8. The van der Waals surface area contributed by atoms with E-state index in [2.05, 4.69) is 130 Å². The smallest absolute Gasteiger partial charge is 0.306 e. The topological polar surface area (TPSA) is 78.9 Å². The summed E-state index contributed by atoms with van der Waals surface area (Å²) in [6, 6.07) is 0. The summed E-state index contributed by atoms with van der Waals surface area (Å²) >= 11 is 0. The molecule has 416 valence electrons. The summed E-state index contributed by atoms with van der Waals surface area (Å²) in [5, 5.41) is 0. The molecule has 0 N–H and O–H groups in total. The Kier molecular flexibility index (Phi) is 57.4. The van der Waals surface area contributed by atoms with Crippen molar-refractivity contribution in [3.63, 3.8) is 0 Å². The highest BCUT2D eigenvalue weighted by Crippen LogP contribution is 2.16. The van der Waals surface area contributed by atoms with Crippen LogP contribution in [0.3, 0.4) is 0 Å². The number of allylic oxidation sites excluding steroid dienone is 18. The Bertz CT molecular complexity index is 1490. The molecule has 0 spiro atoms. The fourth-order valence-electron chi connectivity index (χ4n) is 8.27. The molecule has 0 bridgehead atoms. The lowest BCUT2D eigenvalue weighted by atomic mass is 10.0. The fraction of sp³-hybridized carbons (Fsp3) is 0.687. The van der Waals surface area contributed by atoms with E-state index in [1.54, 1.807) is 0 Å². The van der Waals surface area contributed by atoms with Gasteiger partial charge in [0.2, 0.25) is 0 Å². The molecule has 6 heteroatoms. The van der Waals surface area contributed by atoms with Gasteiger partial charge in [-0.2, -0.15) is 0 Å². The standard InChI is InChI=1S/C67H112O6/c1-4-7-10-13-15-17-19-21-23-25-27-29-30-31-32-33-34-35-36-38-39-41-43-45-47-49-51-54-57-60-66(69)72-63-64(62-71-65(68)59-56-53-12-9-6-3)73-67(70)61-58-55-52-50-48-46-44-42-40-37-28-26-24-22-20-18-16-14-11-8-5-2/h7,10,15,17,21,23,27,29,31-32,34-35,38-39,43,45,49,51,64H,4-6,8-9,11-14,16,18-20,22,24-26,28,30,33,36-37,40-42,44,46-48,50,52-63H2,1-3H3/b10-7-,17-15-,23-21-,29-27-,32-31-,35-34-,39-38-,45-43-,51-49-. The molecule has 0 aromatic rings. The van der Waals surface area contributed by atoms with Crippen LogP contribution < -0.4 is 0 Å². The molecule has 0 saturated heterocycles. The molecular weight excluding hydrogens is 901 g/mol. The summed E-state index contributed by atoms with van der Waals surface area (Å²) in [7, 11) is 0. The van der Waals surface area contributed by atoms with Gasteiger partial charge >= 0.3 is 17.9 Å². The van der Waals surface area contributed by atoms with Crippen LogP contribution in [0.25, 0.3) is 0 Å². The van der Waals surface area contributed by atoms with Crippen molar-refractivity contribution in [1.29, 1.82) is 0 Å². The highest BCUT2D eigenvalue weighted by atomic mass is 16.6. The Balaban J connectivity index is 4.19. The zero-order valence-electron chi connectivity index (χ0n) is 47.6. The molecule has 0 aliphatic rings. The van der Waals surface area contributed by atoms with Crippen molar-refractivity contribution in [1.82, 2.24) is 0 Å². The Hall–Kier alpha value is -3.93. The van der Waals surface area contributed by atoms with Gasteiger partial charge in [-0.25, -0.2) is 0 Å². The van der Waals surface area contributed by atoms with Crippen molar-refractivity contribution >= 4 is 17.9 Å². The van der Waals surface area contributed by atoms with E-state index in [4.69, 9.17) is 14.2 Å². The molecule has 0 aliphatic heterocycles. The van der Waals surface area contributed by atoms with E-state index in [1.165, 1.54) is 116 Å². The first kappa shape index (κ1) is 69.1. The number of hydrogen-bond donors (Lipinski definition) is 0. The average molecular weight is 1010 g/mol. The minimum atomic E-state index is -0.798. The van der Waals surface area contributed by atoms with Crippen LogP contribution in [0.1, 0.15) is 278 Å². The molecule has 6 nitrogen and oxygen atoms in total. The van der Waals surface area contributed by atoms with E-state index in [9.17, 15) is 14.4 Å². The Morgan fingerprint density at radius 3 is 0.836 bits per heavy atom. The summed E-state index contributed by atoms with van der Waals surface area (Å²) in [6.07, 6.45) is 82.9. The fourth-order valence-corrected chi connectivity index (χ4v) is 8.27. The maximum Gasteiger partial charge on any atom is 0.306 e. The van der Waals surface area contributed by atoms with Gasteiger partial charge in [-0.15, -0.1) is 0 Å². The van der Waals surface area contributed by atoms with E-state index in [1.807, 2.05) is 0 Å². The lowest BCUT2D eigenvalue weighted by Gasteiger charge is -2.18. The van der Waals surface area contributed by atoms with Crippen LogP contribution >= 0.6 is 0 Å². The van der Waals surface area contributed by atoms with Gasteiger partial charge in [0.15, 0.2) is 6.10 Å². The van der Waals surface area contributed by atoms with Crippen LogP contribution in [0.5, 0.6) is 0 Å². The molecule has 0 rings (SSSR count). The first-order chi connectivity index (χ1) is 36.0. The second-order valence-corrected chi connectivity index (χ2v) is 19.9. The van der Waals surface area contributed by atoms with Crippen LogP contribution in [0.4, 0.5) is 0 Å². The highest BCUT2D eigenvalue weighted by Gasteiger charge is 2.19. The summed E-state index contributed by atoms with van der Waals surface area (Å²) < 4.78 is 16.7. The molecule has 0 saturated carbocycles. The predicted molar refractivity (Wildman–Crippen MR) is 316 cm³/mol. The normalized spacial score (nSPS) is 12.9. The number of hydrogen-bond acceptors (Lipinski definition) is 6. The first-order valence-electron chi connectivity index (χ1n) is 30.4. The Morgan fingerprint density at radius 2 is 0.534 bits per heavy atom. The highest BCUT2D eigenvalue weighted by molar-refractivity contribution is 5.71. The summed E-state index contributed by atoms with van der Waals surface area (Å²) in [6.45, 7) is 6.41. The van der Waals surface area contributed by atoms with Crippen molar-refractivity contribution in [2.24, 2.45) is 0 Å². The van der Waals surface area contributed by atoms with E-state index < -0.39 is 6.10 Å². The van der Waals surface area contributed by atoms with Gasteiger partial charge in [-0.05, 0) is 83.5 Å². The minimum Gasteiger partial charge on any atom is -0.462 e. The number of esters is 3. The zero-order chi connectivity index (χ0) is 52.9. The Labute approximate surface area is 450 Å². The lowest BCUT2D eigenvalue weighted by Crippen LogP contribution is -2.30. The third kappa shape index (κ3) is 58.8. The predicted octanol–water partition coefficient (Wildman–Crippen LogP) is 20.7. The number of carbonyl (C=O) groups is 3. The summed E-state index contributed by atoms with van der Waals surface area (Å²) in [4.78, 5) is 37.8. The molecule has 0 heterocycles. The van der Waals surface area contributed by atoms with Crippen LogP contribution in [0, 0.1) is 0 Å². The molecule has 1 unspecified atom stereocenters. The van der Waals surface area contributed by atoms with E-state index >= 15 is 0 Å². The van der Waals surface area contributed by atoms with Crippen molar-refractivity contribution in [2.45, 2.75) is 284 Å². The molecule has 0 aromatic heterocycles. The van der Waals surface area contributed by atoms with Gasteiger partial charge in [-0.1, -0.05) is 284 Å².